The normalized spacial score (nSPS) is 11.8. The zero-order valence-electron chi connectivity index (χ0n) is 15.7. The third kappa shape index (κ3) is 5.09. The lowest BCUT2D eigenvalue weighted by atomic mass is 9.91. The van der Waals surface area contributed by atoms with Crippen LogP contribution in [0.15, 0.2) is 66.0 Å². The SMILES string of the molecule is CCCCC(C(=O)Nc1ccc(Cl)cc1)c1ccc(C(=O)c2cccs2)cc1. The summed E-state index contributed by atoms with van der Waals surface area (Å²) in [6.45, 7) is 2.11. The first-order valence-corrected chi connectivity index (χ1v) is 10.6. The second kappa shape index (κ2) is 9.67. The standard InChI is InChI=1S/C23H22ClNO2S/c1-2-3-5-20(23(27)25-19-13-11-18(24)12-14-19)16-7-9-17(10-8-16)22(26)21-6-4-15-28-21/h4,6-15,20H,2-3,5H2,1H3,(H,25,27). The van der Waals surface area contributed by atoms with Crippen molar-refractivity contribution < 1.29 is 9.59 Å². The Kier molecular flexibility index (Phi) is 7.01. The van der Waals surface area contributed by atoms with Crippen molar-refractivity contribution in [2.24, 2.45) is 0 Å². The number of carbonyl (C=O) groups is 2. The van der Waals surface area contributed by atoms with Gasteiger partial charge in [0.05, 0.1) is 10.8 Å². The molecule has 1 heterocycles. The smallest absolute Gasteiger partial charge is 0.231 e. The predicted molar refractivity (Wildman–Crippen MR) is 117 cm³/mol. The topological polar surface area (TPSA) is 46.2 Å². The van der Waals surface area contributed by atoms with E-state index in [1.807, 2.05) is 41.8 Å². The van der Waals surface area contributed by atoms with Crippen LogP contribution in [0, 0.1) is 0 Å². The summed E-state index contributed by atoms with van der Waals surface area (Å²) in [6, 6.07) is 18.2. The molecular formula is C23H22ClNO2S. The van der Waals surface area contributed by atoms with Crippen molar-refractivity contribution >= 4 is 40.3 Å². The molecule has 3 rings (SSSR count). The molecule has 5 heteroatoms. The van der Waals surface area contributed by atoms with Crippen molar-refractivity contribution in [2.75, 3.05) is 5.32 Å². The van der Waals surface area contributed by atoms with E-state index in [0.717, 1.165) is 35.4 Å². The minimum absolute atomic E-state index is 0.0114. The Balaban J connectivity index is 1.77. The number of amides is 1. The fourth-order valence-electron chi connectivity index (χ4n) is 3.04. The van der Waals surface area contributed by atoms with Crippen LogP contribution in [-0.4, -0.2) is 11.7 Å². The molecule has 0 spiro atoms. The summed E-state index contributed by atoms with van der Waals surface area (Å²) >= 11 is 7.34. The number of hydrogen-bond donors (Lipinski definition) is 1. The zero-order chi connectivity index (χ0) is 19.9. The van der Waals surface area contributed by atoms with Gasteiger partial charge >= 0.3 is 0 Å². The fraction of sp³-hybridized carbons (Fsp3) is 0.217. The highest BCUT2D eigenvalue weighted by molar-refractivity contribution is 7.12. The van der Waals surface area contributed by atoms with Crippen molar-refractivity contribution in [1.29, 1.82) is 0 Å². The Morgan fingerprint density at radius 1 is 1.04 bits per heavy atom. The van der Waals surface area contributed by atoms with Gasteiger partial charge in [-0.1, -0.05) is 61.7 Å². The summed E-state index contributed by atoms with van der Waals surface area (Å²) in [6.07, 6.45) is 2.72. The van der Waals surface area contributed by atoms with Crippen LogP contribution in [-0.2, 0) is 4.79 Å². The Hall–Kier alpha value is -2.43. The number of rotatable bonds is 8. The minimum Gasteiger partial charge on any atom is -0.326 e. The molecule has 2 aromatic carbocycles. The molecule has 1 amide bonds. The van der Waals surface area contributed by atoms with E-state index < -0.39 is 0 Å². The van der Waals surface area contributed by atoms with Crippen molar-refractivity contribution in [3.8, 4) is 0 Å². The van der Waals surface area contributed by atoms with Crippen molar-refractivity contribution in [3.63, 3.8) is 0 Å². The van der Waals surface area contributed by atoms with E-state index in [-0.39, 0.29) is 17.6 Å². The molecule has 0 saturated heterocycles. The monoisotopic (exact) mass is 411 g/mol. The summed E-state index contributed by atoms with van der Waals surface area (Å²) in [5.74, 6) is -0.299. The fourth-order valence-corrected chi connectivity index (χ4v) is 3.85. The first kappa shape index (κ1) is 20.3. The molecule has 1 N–H and O–H groups in total. The molecule has 3 nitrogen and oxygen atoms in total. The van der Waals surface area contributed by atoms with E-state index in [2.05, 4.69) is 12.2 Å². The van der Waals surface area contributed by atoms with Crippen LogP contribution in [0.1, 0.15) is 52.9 Å². The number of ketones is 1. The maximum Gasteiger partial charge on any atom is 0.231 e. The molecule has 144 valence electrons. The van der Waals surface area contributed by atoms with Gasteiger partial charge < -0.3 is 5.32 Å². The summed E-state index contributed by atoms with van der Waals surface area (Å²) in [5.41, 5.74) is 2.28. The predicted octanol–water partition coefficient (Wildman–Crippen LogP) is 6.55. The highest BCUT2D eigenvalue weighted by Gasteiger charge is 2.21. The number of unbranched alkanes of at least 4 members (excludes halogenated alkanes) is 1. The van der Waals surface area contributed by atoms with Gasteiger partial charge in [0.1, 0.15) is 0 Å². The minimum atomic E-state index is -0.262. The average molecular weight is 412 g/mol. The van der Waals surface area contributed by atoms with Crippen LogP contribution in [0.5, 0.6) is 0 Å². The van der Waals surface area contributed by atoms with Gasteiger partial charge in [0, 0.05) is 16.3 Å². The van der Waals surface area contributed by atoms with Gasteiger partial charge in [-0.2, -0.15) is 0 Å². The number of benzene rings is 2. The first-order chi connectivity index (χ1) is 13.6. The first-order valence-electron chi connectivity index (χ1n) is 9.33. The van der Waals surface area contributed by atoms with E-state index >= 15 is 0 Å². The summed E-state index contributed by atoms with van der Waals surface area (Å²) in [4.78, 5) is 26.1. The third-order valence-electron chi connectivity index (χ3n) is 4.59. The highest BCUT2D eigenvalue weighted by Crippen LogP contribution is 2.26. The summed E-state index contributed by atoms with van der Waals surface area (Å²) in [7, 11) is 0. The lowest BCUT2D eigenvalue weighted by Crippen LogP contribution is -2.21. The summed E-state index contributed by atoms with van der Waals surface area (Å²) in [5, 5.41) is 5.50. The Labute approximate surface area is 174 Å². The number of carbonyl (C=O) groups excluding carboxylic acids is 2. The molecule has 0 radical (unpaired) electrons. The lowest BCUT2D eigenvalue weighted by molar-refractivity contribution is -0.117. The van der Waals surface area contributed by atoms with E-state index in [1.165, 1.54) is 11.3 Å². The number of anilines is 1. The molecule has 3 aromatic rings. The Bertz CT molecular complexity index is 918. The zero-order valence-corrected chi connectivity index (χ0v) is 17.2. The Morgan fingerprint density at radius 2 is 1.75 bits per heavy atom. The summed E-state index contributed by atoms with van der Waals surface area (Å²) < 4.78 is 0. The second-order valence-corrected chi connectivity index (χ2v) is 8.00. The molecule has 0 aliphatic heterocycles. The van der Waals surface area contributed by atoms with Gasteiger partial charge in [-0.05, 0) is 47.7 Å². The molecule has 1 aromatic heterocycles. The van der Waals surface area contributed by atoms with Crippen LogP contribution in [0.2, 0.25) is 5.02 Å². The number of nitrogens with one attached hydrogen (secondary N) is 1. The third-order valence-corrected chi connectivity index (χ3v) is 5.72. The highest BCUT2D eigenvalue weighted by atomic mass is 35.5. The average Bonchev–Trinajstić information content (AvgIpc) is 3.25. The van der Waals surface area contributed by atoms with Crippen LogP contribution >= 0.6 is 22.9 Å². The van der Waals surface area contributed by atoms with Gasteiger partial charge in [0.15, 0.2) is 0 Å². The van der Waals surface area contributed by atoms with Crippen LogP contribution in [0.4, 0.5) is 5.69 Å². The van der Waals surface area contributed by atoms with Crippen molar-refractivity contribution in [3.05, 3.63) is 87.1 Å². The van der Waals surface area contributed by atoms with E-state index in [4.69, 9.17) is 11.6 Å². The van der Waals surface area contributed by atoms with Crippen LogP contribution in [0.3, 0.4) is 0 Å². The second-order valence-electron chi connectivity index (χ2n) is 6.62. The number of hydrogen-bond acceptors (Lipinski definition) is 3. The molecular weight excluding hydrogens is 390 g/mol. The maximum atomic E-state index is 12.9. The maximum absolute atomic E-state index is 12.9. The molecule has 0 saturated carbocycles. The van der Waals surface area contributed by atoms with Gasteiger partial charge in [0.2, 0.25) is 11.7 Å². The largest absolute Gasteiger partial charge is 0.326 e. The molecule has 0 aliphatic rings. The number of halogens is 1. The quantitative estimate of drug-likeness (QED) is 0.427. The lowest BCUT2D eigenvalue weighted by Gasteiger charge is -2.17. The van der Waals surface area contributed by atoms with Gasteiger partial charge in [-0.3, -0.25) is 9.59 Å². The van der Waals surface area contributed by atoms with E-state index in [9.17, 15) is 9.59 Å². The molecule has 1 atom stereocenters. The number of thiophene rings is 1. The Morgan fingerprint density at radius 3 is 2.36 bits per heavy atom. The van der Waals surface area contributed by atoms with Gasteiger partial charge in [0.25, 0.3) is 0 Å². The van der Waals surface area contributed by atoms with Crippen LogP contribution < -0.4 is 5.32 Å². The van der Waals surface area contributed by atoms with Crippen molar-refractivity contribution in [1.82, 2.24) is 0 Å². The van der Waals surface area contributed by atoms with Gasteiger partial charge in [-0.15, -0.1) is 11.3 Å². The molecule has 0 bridgehead atoms. The van der Waals surface area contributed by atoms with Crippen molar-refractivity contribution in [2.45, 2.75) is 32.1 Å². The molecule has 28 heavy (non-hydrogen) atoms. The van der Waals surface area contributed by atoms with E-state index in [0.29, 0.717) is 10.6 Å². The molecule has 0 aliphatic carbocycles. The van der Waals surface area contributed by atoms with Crippen LogP contribution in [0.25, 0.3) is 0 Å². The van der Waals surface area contributed by atoms with E-state index in [1.54, 1.807) is 24.3 Å². The van der Waals surface area contributed by atoms with Gasteiger partial charge in [-0.25, -0.2) is 0 Å². The molecule has 1 unspecified atom stereocenters. The molecule has 0 fully saturated rings.